The highest BCUT2D eigenvalue weighted by molar-refractivity contribution is 7.10. The first kappa shape index (κ1) is 13.1. The average molecular weight is 251 g/mol. The van der Waals surface area contributed by atoms with Crippen LogP contribution in [0, 0.1) is 11.3 Å². The summed E-state index contributed by atoms with van der Waals surface area (Å²) in [6, 6.07) is 4.33. The quantitative estimate of drug-likeness (QED) is 0.839. The Balaban J connectivity index is 2.03. The second-order valence-electron chi connectivity index (χ2n) is 6.25. The molecule has 0 spiro atoms. The summed E-state index contributed by atoms with van der Waals surface area (Å²) in [6.07, 6.45) is 6.15. The minimum atomic E-state index is -0.0332. The third-order valence-corrected chi connectivity index (χ3v) is 6.00. The summed E-state index contributed by atoms with van der Waals surface area (Å²) in [5.41, 5.74) is 7.03. The fraction of sp³-hybridized carbons (Fsp3) is 0.733. The van der Waals surface area contributed by atoms with Gasteiger partial charge in [0.15, 0.2) is 0 Å². The van der Waals surface area contributed by atoms with E-state index in [9.17, 15) is 0 Å². The van der Waals surface area contributed by atoms with Crippen LogP contribution in [0.25, 0.3) is 0 Å². The lowest BCUT2D eigenvalue weighted by molar-refractivity contribution is 0.116. The van der Waals surface area contributed by atoms with Gasteiger partial charge in [-0.15, -0.1) is 11.3 Å². The lowest BCUT2D eigenvalue weighted by atomic mass is 9.65. The molecule has 0 amide bonds. The second kappa shape index (κ2) is 4.74. The molecule has 2 rings (SSSR count). The monoisotopic (exact) mass is 251 g/mol. The van der Waals surface area contributed by atoms with E-state index in [1.165, 1.54) is 24.1 Å². The van der Waals surface area contributed by atoms with Gasteiger partial charge in [-0.2, -0.15) is 0 Å². The zero-order valence-electron chi connectivity index (χ0n) is 11.3. The van der Waals surface area contributed by atoms with Gasteiger partial charge in [-0.05, 0) is 48.5 Å². The summed E-state index contributed by atoms with van der Waals surface area (Å²) in [5.74, 6) is 0.851. The van der Waals surface area contributed by atoms with Gasteiger partial charge in [-0.25, -0.2) is 0 Å². The van der Waals surface area contributed by atoms with E-state index in [1.807, 2.05) is 11.3 Å². The van der Waals surface area contributed by atoms with Gasteiger partial charge >= 0.3 is 0 Å². The van der Waals surface area contributed by atoms with Gasteiger partial charge in [0.05, 0.1) is 5.54 Å². The van der Waals surface area contributed by atoms with E-state index in [0.29, 0.717) is 5.41 Å². The van der Waals surface area contributed by atoms with Crippen LogP contribution in [0.4, 0.5) is 0 Å². The van der Waals surface area contributed by atoms with Crippen LogP contribution in [-0.4, -0.2) is 0 Å². The molecule has 96 valence electrons. The Morgan fingerprint density at radius 1 is 1.41 bits per heavy atom. The van der Waals surface area contributed by atoms with E-state index in [4.69, 9.17) is 5.73 Å². The largest absolute Gasteiger partial charge is 0.321 e. The predicted octanol–water partition coefficient (Wildman–Crippen LogP) is 4.53. The number of hydrogen-bond donors (Lipinski definition) is 1. The first-order valence-corrected chi connectivity index (χ1v) is 7.69. The third-order valence-electron chi connectivity index (χ3n) is 4.91. The van der Waals surface area contributed by atoms with Crippen molar-refractivity contribution >= 4 is 11.3 Å². The Morgan fingerprint density at radius 2 is 2.06 bits per heavy atom. The van der Waals surface area contributed by atoms with Crippen molar-refractivity contribution in [3.05, 3.63) is 22.4 Å². The highest BCUT2D eigenvalue weighted by atomic mass is 32.1. The molecular formula is C15H25NS. The van der Waals surface area contributed by atoms with E-state index >= 15 is 0 Å². The van der Waals surface area contributed by atoms with Crippen molar-refractivity contribution in [1.29, 1.82) is 0 Å². The number of rotatable bonds is 3. The highest BCUT2D eigenvalue weighted by Crippen LogP contribution is 2.46. The Bertz CT molecular complexity index is 345. The van der Waals surface area contributed by atoms with E-state index in [-0.39, 0.29) is 5.54 Å². The van der Waals surface area contributed by atoms with Crippen molar-refractivity contribution in [3.63, 3.8) is 0 Å². The maximum absolute atomic E-state index is 6.58. The molecule has 1 aliphatic carbocycles. The topological polar surface area (TPSA) is 26.0 Å². The maximum Gasteiger partial charge on any atom is 0.0503 e. The van der Waals surface area contributed by atoms with Crippen molar-refractivity contribution in [2.24, 2.45) is 17.1 Å². The molecule has 1 nitrogen and oxygen atoms in total. The van der Waals surface area contributed by atoms with Crippen LogP contribution >= 0.6 is 11.3 Å². The van der Waals surface area contributed by atoms with Crippen LogP contribution in [0.5, 0.6) is 0 Å². The number of hydrogen-bond acceptors (Lipinski definition) is 2. The predicted molar refractivity (Wildman–Crippen MR) is 76.2 cm³/mol. The molecular weight excluding hydrogens is 226 g/mol. The number of nitrogens with two attached hydrogens (primary N) is 1. The van der Waals surface area contributed by atoms with Crippen LogP contribution in [-0.2, 0) is 5.54 Å². The van der Waals surface area contributed by atoms with Crippen LogP contribution < -0.4 is 5.73 Å². The van der Waals surface area contributed by atoms with Crippen molar-refractivity contribution in [1.82, 2.24) is 0 Å². The van der Waals surface area contributed by atoms with Gasteiger partial charge in [-0.3, -0.25) is 0 Å². The molecule has 0 atom stereocenters. The molecule has 0 saturated heterocycles. The zero-order chi connectivity index (χ0) is 12.5. The molecule has 0 unspecified atom stereocenters. The minimum Gasteiger partial charge on any atom is -0.321 e. The van der Waals surface area contributed by atoms with Gasteiger partial charge in [0.2, 0.25) is 0 Å². The lowest BCUT2D eigenvalue weighted by Gasteiger charge is -2.43. The SMILES string of the molecule is CCC(C)(C)C1CCC(N)(c2cccs2)CC1. The molecule has 2 heteroatoms. The van der Waals surface area contributed by atoms with Gasteiger partial charge < -0.3 is 5.73 Å². The average Bonchev–Trinajstić information content (AvgIpc) is 2.84. The molecule has 0 aromatic carbocycles. The van der Waals surface area contributed by atoms with E-state index in [1.54, 1.807) is 0 Å². The first-order chi connectivity index (χ1) is 7.98. The standard InChI is InChI=1S/C15H25NS/c1-4-14(2,3)12-7-9-15(16,10-8-12)13-6-5-11-17-13/h5-6,11-12H,4,7-10,16H2,1-3H3. The zero-order valence-corrected chi connectivity index (χ0v) is 12.1. The normalized spacial score (nSPS) is 30.5. The van der Waals surface area contributed by atoms with Crippen LogP contribution in [0.3, 0.4) is 0 Å². The summed E-state index contributed by atoms with van der Waals surface area (Å²) in [7, 11) is 0. The summed E-state index contributed by atoms with van der Waals surface area (Å²) in [4.78, 5) is 1.38. The lowest BCUT2D eigenvalue weighted by Crippen LogP contribution is -2.42. The second-order valence-corrected chi connectivity index (χ2v) is 7.20. The number of thiophene rings is 1. The summed E-state index contributed by atoms with van der Waals surface area (Å²) in [5, 5.41) is 2.14. The van der Waals surface area contributed by atoms with Crippen molar-refractivity contribution in [3.8, 4) is 0 Å². The van der Waals surface area contributed by atoms with Crippen LogP contribution in [0.15, 0.2) is 17.5 Å². The van der Waals surface area contributed by atoms with Gasteiger partial charge in [0, 0.05) is 4.88 Å². The van der Waals surface area contributed by atoms with Crippen LogP contribution in [0.1, 0.15) is 57.8 Å². The maximum atomic E-state index is 6.58. The molecule has 0 aliphatic heterocycles. The van der Waals surface area contributed by atoms with E-state index in [0.717, 1.165) is 18.8 Å². The van der Waals surface area contributed by atoms with Crippen LogP contribution in [0.2, 0.25) is 0 Å². The fourth-order valence-corrected chi connectivity index (χ4v) is 3.91. The molecule has 1 heterocycles. The minimum absolute atomic E-state index is 0.0332. The fourth-order valence-electron chi connectivity index (χ4n) is 3.01. The molecule has 1 aromatic heterocycles. The molecule has 0 radical (unpaired) electrons. The Hall–Kier alpha value is -0.340. The summed E-state index contributed by atoms with van der Waals surface area (Å²) >= 11 is 1.82. The van der Waals surface area contributed by atoms with E-state index < -0.39 is 0 Å². The van der Waals surface area contributed by atoms with E-state index in [2.05, 4.69) is 38.3 Å². The molecule has 1 fully saturated rings. The van der Waals surface area contributed by atoms with Crippen molar-refractivity contribution < 1.29 is 0 Å². The van der Waals surface area contributed by atoms with Gasteiger partial charge in [0.1, 0.15) is 0 Å². The molecule has 1 aromatic rings. The summed E-state index contributed by atoms with van der Waals surface area (Å²) < 4.78 is 0. The Kier molecular flexibility index (Phi) is 3.65. The Morgan fingerprint density at radius 3 is 2.53 bits per heavy atom. The van der Waals surface area contributed by atoms with Crippen molar-refractivity contribution in [2.75, 3.05) is 0 Å². The Labute approximate surface area is 109 Å². The smallest absolute Gasteiger partial charge is 0.0503 e. The first-order valence-electron chi connectivity index (χ1n) is 6.81. The molecule has 17 heavy (non-hydrogen) atoms. The third kappa shape index (κ3) is 2.58. The highest BCUT2D eigenvalue weighted by Gasteiger charge is 2.38. The molecule has 0 bridgehead atoms. The van der Waals surface area contributed by atoms with Gasteiger partial charge in [-0.1, -0.05) is 33.3 Å². The molecule has 2 N–H and O–H groups in total. The molecule has 1 saturated carbocycles. The summed E-state index contributed by atoms with van der Waals surface area (Å²) in [6.45, 7) is 7.13. The van der Waals surface area contributed by atoms with Crippen molar-refractivity contribution in [2.45, 2.75) is 58.4 Å². The molecule has 1 aliphatic rings. The van der Waals surface area contributed by atoms with Gasteiger partial charge in [0.25, 0.3) is 0 Å².